The van der Waals surface area contributed by atoms with Crippen molar-refractivity contribution in [2.45, 2.75) is 103 Å². The second-order valence-electron chi connectivity index (χ2n) is 9.51. The van der Waals surface area contributed by atoms with Gasteiger partial charge in [-0.15, -0.1) is 0 Å². The lowest BCUT2D eigenvalue weighted by Gasteiger charge is -2.47. The molecule has 0 spiro atoms. The van der Waals surface area contributed by atoms with Crippen molar-refractivity contribution in [1.29, 1.82) is 0 Å². The molecule has 0 unspecified atom stereocenters. The fourth-order valence-corrected chi connectivity index (χ4v) is 4.43. The average Bonchev–Trinajstić information content (AvgIpc) is 2.87. The largest absolute Gasteiger partial charge is 0.463 e. The van der Waals surface area contributed by atoms with Crippen LogP contribution < -0.4 is 5.73 Å². The Labute approximate surface area is 250 Å². The quantitative estimate of drug-likeness (QED) is 0.186. The fourth-order valence-electron chi connectivity index (χ4n) is 4.43. The van der Waals surface area contributed by atoms with E-state index in [0.29, 0.717) is 0 Å². The van der Waals surface area contributed by atoms with E-state index in [9.17, 15) is 38.7 Å². The summed E-state index contributed by atoms with van der Waals surface area (Å²) in [4.78, 5) is 82.9. The lowest BCUT2D eigenvalue weighted by Crippen LogP contribution is -2.67. The smallest absolute Gasteiger partial charge is 0.405 e. The number of esters is 6. The van der Waals surface area contributed by atoms with Crippen molar-refractivity contribution in [3.05, 3.63) is 0 Å². The summed E-state index contributed by atoms with van der Waals surface area (Å²) in [6, 6.07) is 0. The molecule has 2 aliphatic rings. The Morgan fingerprint density at radius 3 is 1.34 bits per heavy atom. The lowest BCUT2D eigenvalue weighted by atomic mass is 9.96. The maximum atomic E-state index is 12.1. The van der Waals surface area contributed by atoms with Crippen LogP contribution in [0.4, 0.5) is 4.79 Å². The number of hydrogen-bond acceptors (Lipinski definition) is 18. The van der Waals surface area contributed by atoms with Crippen molar-refractivity contribution >= 4 is 41.9 Å². The zero-order valence-corrected chi connectivity index (χ0v) is 24.7. The molecule has 2 rings (SSSR count). The van der Waals surface area contributed by atoms with Crippen molar-refractivity contribution < 1.29 is 86.0 Å². The minimum atomic E-state index is -2.01. The van der Waals surface area contributed by atoms with Gasteiger partial charge in [-0.1, -0.05) is 0 Å². The van der Waals surface area contributed by atoms with Crippen LogP contribution in [0.1, 0.15) is 41.5 Å². The van der Waals surface area contributed by atoms with Gasteiger partial charge in [0.25, 0.3) is 0 Å². The van der Waals surface area contributed by atoms with Gasteiger partial charge in [-0.05, 0) is 0 Å². The van der Waals surface area contributed by atoms with Crippen LogP contribution in [0.5, 0.6) is 0 Å². The van der Waals surface area contributed by atoms with E-state index in [1.54, 1.807) is 0 Å². The molecule has 248 valence electrons. The van der Waals surface area contributed by atoms with Gasteiger partial charge in [0.1, 0.15) is 25.4 Å². The molecule has 2 heterocycles. The Hall–Kier alpha value is -4.07. The molecule has 19 nitrogen and oxygen atoms in total. The van der Waals surface area contributed by atoms with Crippen LogP contribution in [0.2, 0.25) is 0 Å². The van der Waals surface area contributed by atoms with Crippen molar-refractivity contribution in [3.63, 3.8) is 0 Å². The Bertz CT molecular complexity index is 1090. The number of amides is 1. The summed E-state index contributed by atoms with van der Waals surface area (Å²) in [5.74, 6) is -5.21. The van der Waals surface area contributed by atoms with Crippen molar-refractivity contribution in [2.75, 3.05) is 13.2 Å². The molecule has 0 aromatic rings. The van der Waals surface area contributed by atoms with E-state index in [1.165, 1.54) is 0 Å². The van der Waals surface area contributed by atoms with Gasteiger partial charge in [0.05, 0.1) is 0 Å². The first-order chi connectivity index (χ1) is 20.5. The second kappa shape index (κ2) is 16.1. The molecule has 10 atom stereocenters. The molecule has 2 saturated heterocycles. The summed E-state index contributed by atoms with van der Waals surface area (Å²) in [5, 5.41) is 10.9. The summed E-state index contributed by atoms with van der Waals surface area (Å²) >= 11 is 0. The van der Waals surface area contributed by atoms with Gasteiger partial charge in [0, 0.05) is 41.5 Å². The van der Waals surface area contributed by atoms with E-state index in [1.807, 2.05) is 0 Å². The van der Waals surface area contributed by atoms with Crippen LogP contribution in [0, 0.1) is 0 Å². The molecule has 0 radical (unpaired) electrons. The predicted octanol–water partition coefficient (Wildman–Crippen LogP) is -1.87. The Kier molecular flexibility index (Phi) is 13.2. The third-order valence-corrected chi connectivity index (χ3v) is 5.85. The number of aliphatic hydroxyl groups is 1. The van der Waals surface area contributed by atoms with E-state index in [2.05, 4.69) is 0 Å². The Morgan fingerprint density at radius 1 is 0.545 bits per heavy atom. The van der Waals surface area contributed by atoms with Crippen LogP contribution in [0.3, 0.4) is 0 Å². The molecule has 19 heteroatoms. The highest BCUT2D eigenvalue weighted by Gasteiger charge is 2.57. The molecular weight excluding hydrogens is 602 g/mol. The highest BCUT2D eigenvalue weighted by atomic mass is 16.8. The lowest BCUT2D eigenvalue weighted by molar-refractivity contribution is -0.362. The first-order valence-corrected chi connectivity index (χ1v) is 13.1. The molecule has 0 aliphatic carbocycles. The number of nitrogens with two attached hydrogens (primary N) is 1. The van der Waals surface area contributed by atoms with Crippen LogP contribution in [0.15, 0.2) is 0 Å². The van der Waals surface area contributed by atoms with Gasteiger partial charge >= 0.3 is 41.9 Å². The molecule has 0 aromatic carbocycles. The normalized spacial score (nSPS) is 31.4. The second-order valence-corrected chi connectivity index (χ2v) is 9.51. The van der Waals surface area contributed by atoms with E-state index in [0.717, 1.165) is 41.5 Å². The molecule has 0 bridgehead atoms. The first-order valence-electron chi connectivity index (χ1n) is 13.1. The minimum absolute atomic E-state index is 0.548. The molecular formula is C25H35NO18. The van der Waals surface area contributed by atoms with Crippen LogP contribution in [-0.4, -0.2) is 122 Å². The van der Waals surface area contributed by atoms with Gasteiger partial charge < -0.3 is 58.2 Å². The van der Waals surface area contributed by atoms with Gasteiger partial charge in [0.2, 0.25) is 0 Å². The van der Waals surface area contributed by atoms with E-state index in [-0.39, 0.29) is 0 Å². The van der Waals surface area contributed by atoms with Crippen LogP contribution in [-0.2, 0) is 76.1 Å². The van der Waals surface area contributed by atoms with Gasteiger partial charge in [-0.2, -0.15) is 0 Å². The number of primary amides is 1. The van der Waals surface area contributed by atoms with Gasteiger partial charge in [0.15, 0.2) is 49.2 Å². The van der Waals surface area contributed by atoms with Gasteiger partial charge in [-0.3, -0.25) is 28.8 Å². The zero-order valence-electron chi connectivity index (χ0n) is 24.7. The van der Waals surface area contributed by atoms with E-state index < -0.39 is 117 Å². The third-order valence-electron chi connectivity index (χ3n) is 5.85. The molecule has 0 aromatic heterocycles. The molecule has 0 saturated carbocycles. The summed E-state index contributed by atoms with van der Waals surface area (Å²) in [6.45, 7) is 5.00. The van der Waals surface area contributed by atoms with E-state index >= 15 is 0 Å². The highest BCUT2D eigenvalue weighted by molar-refractivity contribution is 5.69. The molecule has 2 aliphatic heterocycles. The fraction of sp³-hybridized carbons (Fsp3) is 0.720. The number of carbonyl (C=O) groups is 7. The Balaban J connectivity index is 2.59. The predicted molar refractivity (Wildman–Crippen MR) is 134 cm³/mol. The first kappa shape index (κ1) is 36.1. The maximum Gasteiger partial charge on any atom is 0.405 e. The van der Waals surface area contributed by atoms with Crippen molar-refractivity contribution in [2.24, 2.45) is 5.73 Å². The number of hydrogen-bond donors (Lipinski definition) is 2. The highest BCUT2D eigenvalue weighted by Crippen LogP contribution is 2.34. The van der Waals surface area contributed by atoms with Crippen LogP contribution >= 0.6 is 0 Å². The molecule has 44 heavy (non-hydrogen) atoms. The van der Waals surface area contributed by atoms with E-state index in [4.69, 9.17) is 53.1 Å². The topological polar surface area (TPSA) is 258 Å². The van der Waals surface area contributed by atoms with Crippen molar-refractivity contribution in [1.82, 2.24) is 0 Å². The number of ether oxygens (including phenoxy) is 10. The standard InChI is InChI=1S/C25H35NO18/c1-9(27)35-7-15-17(37-11(3)29)19(39-13(5)31)21(23(33)41-15)43-24-22(40-14(6)32)20(44-25(26)34)18(38-12(4)30)16(42-24)8-36-10(2)28/h15-24,33H,7-8H2,1-6H3,(H2,26,34)/t15-,16-,17+,18-,19-,20+,21-,22+,23-,24-/m1/s1. The number of rotatable bonds is 11. The molecule has 3 N–H and O–H groups in total. The third kappa shape index (κ3) is 10.6. The van der Waals surface area contributed by atoms with Gasteiger partial charge in [-0.25, -0.2) is 4.79 Å². The zero-order chi connectivity index (χ0) is 33.3. The SMILES string of the molecule is CC(=O)OC[C@H]1O[C@@H](O)[C@H](O[C@H]2O[C@H](COC(C)=O)[C@@H](OC(C)=O)[C@H](OC(N)=O)[C@@H]2OC(C)=O)[C@H](OC(C)=O)[C@H]1OC(C)=O. The monoisotopic (exact) mass is 637 g/mol. The number of carbonyl (C=O) groups excluding carboxylic acids is 7. The summed E-state index contributed by atoms with van der Waals surface area (Å²) in [7, 11) is 0. The van der Waals surface area contributed by atoms with Crippen molar-refractivity contribution in [3.8, 4) is 0 Å². The summed E-state index contributed by atoms with van der Waals surface area (Å²) < 4.78 is 53.4. The summed E-state index contributed by atoms with van der Waals surface area (Å²) in [5.41, 5.74) is 5.22. The molecule has 2 fully saturated rings. The summed E-state index contributed by atoms with van der Waals surface area (Å²) in [6.07, 6.45) is -18.2. The minimum Gasteiger partial charge on any atom is -0.463 e. The maximum absolute atomic E-state index is 12.1. The number of aliphatic hydroxyl groups excluding tert-OH is 1. The molecule has 1 amide bonds. The average molecular weight is 638 g/mol. The Morgan fingerprint density at radius 2 is 0.932 bits per heavy atom. The van der Waals surface area contributed by atoms with Crippen LogP contribution in [0.25, 0.3) is 0 Å².